The molecule has 5 heterocycles. The summed E-state index contributed by atoms with van der Waals surface area (Å²) in [7, 11) is 0. The van der Waals surface area contributed by atoms with Gasteiger partial charge in [0.05, 0.1) is 44.3 Å². The highest BCUT2D eigenvalue weighted by atomic mass is 16.2. The van der Waals surface area contributed by atoms with Crippen molar-refractivity contribution >= 4 is 78.7 Å². The maximum atomic E-state index is 13.3. The van der Waals surface area contributed by atoms with Crippen molar-refractivity contribution in [2.24, 2.45) is 9.98 Å². The van der Waals surface area contributed by atoms with E-state index in [1.54, 1.807) is 0 Å². The van der Waals surface area contributed by atoms with Crippen molar-refractivity contribution in [3.8, 4) is 0 Å². The maximum Gasteiger partial charge on any atom is 0.259 e. The van der Waals surface area contributed by atoms with Crippen LogP contribution in [0.3, 0.4) is 0 Å². The molecular formula is C34H22N6O4. The molecule has 4 amide bonds. The van der Waals surface area contributed by atoms with Crippen LogP contribution in [0.25, 0.3) is 43.6 Å². The summed E-state index contributed by atoms with van der Waals surface area (Å²) in [6.45, 7) is 4.01. The van der Waals surface area contributed by atoms with Gasteiger partial charge in [-0.05, 0) is 38.1 Å². The molecule has 0 saturated carbocycles. The van der Waals surface area contributed by atoms with Crippen molar-refractivity contribution in [1.82, 2.24) is 19.8 Å². The Kier molecular flexibility index (Phi) is 4.68. The van der Waals surface area contributed by atoms with Crippen LogP contribution in [0, 0.1) is 0 Å². The normalized spacial score (nSPS) is 16.1. The summed E-state index contributed by atoms with van der Waals surface area (Å²) in [4.78, 5) is 63.0. The van der Waals surface area contributed by atoms with E-state index in [-0.39, 0.29) is 13.3 Å². The van der Waals surface area contributed by atoms with Gasteiger partial charge in [0.15, 0.2) is 0 Å². The number of rotatable bonds is 0. The quantitative estimate of drug-likeness (QED) is 0.248. The van der Waals surface area contributed by atoms with Crippen molar-refractivity contribution in [1.29, 1.82) is 0 Å². The van der Waals surface area contributed by atoms with E-state index in [2.05, 4.69) is 10.6 Å². The number of para-hydroxylation sites is 2. The average molecular weight is 579 g/mol. The Morgan fingerprint density at radius 3 is 1.36 bits per heavy atom. The third kappa shape index (κ3) is 2.98. The number of carbonyl (C=O) groups is 4. The minimum Gasteiger partial charge on any atom is -0.320 e. The molecule has 2 N–H and O–H groups in total. The van der Waals surface area contributed by atoms with Gasteiger partial charge in [-0.25, -0.2) is 0 Å². The Labute approximate surface area is 248 Å². The molecule has 9 rings (SSSR count). The average Bonchev–Trinajstić information content (AvgIpc) is 3.71. The molecule has 6 aromatic rings. The number of aromatic nitrogens is 2. The largest absolute Gasteiger partial charge is 0.320 e. The SMILES string of the molecule is CC1=NCn2c3ccccc3c3c4c(c(cc32)C(C)=NCn2c3ccccc3c3c5c(c1cc32)C(=O)NC5=O)C(=O)NC4=O. The van der Waals surface area contributed by atoms with Crippen LogP contribution in [0.1, 0.15) is 66.4 Å². The number of hydrogen-bond donors (Lipinski definition) is 2. The lowest BCUT2D eigenvalue weighted by Crippen LogP contribution is -2.20. The van der Waals surface area contributed by atoms with Crippen LogP contribution >= 0.6 is 0 Å². The van der Waals surface area contributed by atoms with Crippen LogP contribution < -0.4 is 10.6 Å². The van der Waals surface area contributed by atoms with E-state index in [0.29, 0.717) is 55.6 Å². The fraction of sp³-hybridized carbons (Fsp3) is 0.118. The Hall–Kier alpha value is -5.90. The molecule has 4 aromatic carbocycles. The summed E-state index contributed by atoms with van der Waals surface area (Å²) in [5.41, 5.74) is 6.81. The molecule has 4 bridgehead atoms. The van der Waals surface area contributed by atoms with Crippen molar-refractivity contribution < 1.29 is 19.2 Å². The van der Waals surface area contributed by atoms with Gasteiger partial charge in [0, 0.05) is 44.1 Å². The molecule has 10 nitrogen and oxygen atoms in total. The Balaban J connectivity index is 1.44. The smallest absolute Gasteiger partial charge is 0.259 e. The number of benzene rings is 4. The Morgan fingerprint density at radius 1 is 0.545 bits per heavy atom. The number of aliphatic imine (C=N–C) groups is 2. The fourth-order valence-electron chi connectivity index (χ4n) is 7.19. The van der Waals surface area contributed by atoms with Crippen molar-refractivity contribution in [3.63, 3.8) is 0 Å². The highest BCUT2D eigenvalue weighted by molar-refractivity contribution is 6.34. The van der Waals surface area contributed by atoms with Gasteiger partial charge in [0.1, 0.15) is 13.3 Å². The zero-order chi connectivity index (χ0) is 30.0. The molecule has 2 aromatic heterocycles. The summed E-state index contributed by atoms with van der Waals surface area (Å²) in [6.07, 6.45) is 0. The van der Waals surface area contributed by atoms with E-state index in [1.165, 1.54) is 0 Å². The first-order valence-electron chi connectivity index (χ1n) is 14.2. The number of nitrogens with zero attached hydrogens (tertiary/aromatic N) is 4. The van der Waals surface area contributed by atoms with Crippen molar-refractivity contribution in [2.75, 3.05) is 0 Å². The van der Waals surface area contributed by atoms with Crippen LogP contribution in [0.2, 0.25) is 0 Å². The number of hydrogen-bond acceptors (Lipinski definition) is 6. The van der Waals surface area contributed by atoms with Crippen molar-refractivity contribution in [3.05, 3.63) is 94.0 Å². The van der Waals surface area contributed by atoms with E-state index in [4.69, 9.17) is 9.98 Å². The number of imide groups is 2. The van der Waals surface area contributed by atoms with Gasteiger partial charge in [-0.1, -0.05) is 36.4 Å². The van der Waals surface area contributed by atoms with Gasteiger partial charge in [-0.3, -0.25) is 39.8 Å². The standard InChI is InChI=1S/C34H22N6O4/c1-15-19-11-23-25(29-27(19)31(41)37-33(29)43)18-8-4-6-10-22(18)40(23)14-36-16(2)20-12-24-26(30-28(20)32(42)38-34(30)44)17-7-3-5-9-21(17)39(24)13-35-15/h3-12H,13-14H2,1-2H3,(H,37,41,43)(H,38,42,44). The first kappa shape index (κ1) is 24.7. The lowest BCUT2D eigenvalue weighted by molar-refractivity contribution is 0.0863. The third-order valence-corrected chi connectivity index (χ3v) is 9.16. The van der Waals surface area contributed by atoms with Gasteiger partial charge in [-0.2, -0.15) is 0 Å². The minimum atomic E-state index is -0.448. The number of amides is 4. The molecule has 3 aliphatic rings. The molecule has 10 heteroatoms. The summed E-state index contributed by atoms with van der Waals surface area (Å²) in [5, 5.41) is 8.03. The number of nitrogens with one attached hydrogen (secondary N) is 2. The number of carbonyl (C=O) groups excluding carboxylic acids is 4. The highest BCUT2D eigenvalue weighted by Crippen LogP contribution is 2.40. The Bertz CT molecular complexity index is 2320. The predicted octanol–water partition coefficient (Wildman–Crippen LogP) is 4.92. The fourth-order valence-corrected chi connectivity index (χ4v) is 7.19. The Morgan fingerprint density at radius 2 is 0.932 bits per heavy atom. The molecule has 0 atom stereocenters. The van der Waals surface area contributed by atoms with Crippen molar-refractivity contribution in [2.45, 2.75) is 27.2 Å². The first-order valence-corrected chi connectivity index (χ1v) is 14.2. The monoisotopic (exact) mass is 578 g/mol. The second-order valence-electron chi connectivity index (χ2n) is 11.4. The van der Waals surface area contributed by atoms with Crippen LogP contribution in [-0.2, 0) is 13.3 Å². The predicted molar refractivity (Wildman–Crippen MR) is 167 cm³/mol. The van der Waals surface area contributed by atoms with E-state index in [9.17, 15) is 19.2 Å². The first-order chi connectivity index (χ1) is 21.3. The molecule has 3 aliphatic heterocycles. The van der Waals surface area contributed by atoms with Gasteiger partial charge < -0.3 is 9.13 Å². The third-order valence-electron chi connectivity index (χ3n) is 9.16. The summed E-state index contributed by atoms with van der Waals surface area (Å²) >= 11 is 0. The lowest BCUT2D eigenvalue weighted by Gasteiger charge is -2.14. The van der Waals surface area contributed by atoms with E-state index >= 15 is 0 Å². The van der Waals surface area contributed by atoms with Crippen LogP contribution in [0.4, 0.5) is 0 Å². The van der Waals surface area contributed by atoms with Crippen LogP contribution in [0.15, 0.2) is 70.6 Å². The van der Waals surface area contributed by atoms with E-state index in [1.807, 2.05) is 83.6 Å². The topological polar surface area (TPSA) is 127 Å². The summed E-state index contributed by atoms with van der Waals surface area (Å²) in [6, 6.07) is 19.3. The van der Waals surface area contributed by atoms with Gasteiger partial charge in [0.25, 0.3) is 23.6 Å². The zero-order valence-electron chi connectivity index (χ0n) is 23.6. The number of fused-ring (bicyclic) bond motifs is 14. The highest BCUT2D eigenvalue weighted by Gasteiger charge is 2.36. The lowest BCUT2D eigenvalue weighted by atomic mass is 9.94. The molecule has 0 spiro atoms. The van der Waals surface area contributed by atoms with Crippen LogP contribution in [-0.4, -0.2) is 44.2 Å². The maximum absolute atomic E-state index is 13.3. The molecule has 0 fully saturated rings. The minimum absolute atomic E-state index is 0.172. The van der Waals surface area contributed by atoms with Gasteiger partial charge in [-0.15, -0.1) is 0 Å². The molecule has 0 aliphatic carbocycles. The van der Waals surface area contributed by atoms with E-state index in [0.717, 1.165) is 32.8 Å². The molecule has 212 valence electrons. The molecular weight excluding hydrogens is 556 g/mol. The molecule has 0 unspecified atom stereocenters. The summed E-state index contributed by atoms with van der Waals surface area (Å²) < 4.78 is 4.02. The summed E-state index contributed by atoms with van der Waals surface area (Å²) in [5.74, 6) is -1.77. The van der Waals surface area contributed by atoms with Gasteiger partial charge >= 0.3 is 0 Å². The molecule has 0 radical (unpaired) electrons. The van der Waals surface area contributed by atoms with Gasteiger partial charge in [0.2, 0.25) is 0 Å². The zero-order valence-corrected chi connectivity index (χ0v) is 23.6. The second-order valence-corrected chi connectivity index (χ2v) is 11.4. The van der Waals surface area contributed by atoms with E-state index < -0.39 is 23.6 Å². The molecule has 0 saturated heterocycles. The van der Waals surface area contributed by atoms with Crippen LogP contribution in [0.5, 0.6) is 0 Å². The molecule has 44 heavy (non-hydrogen) atoms. The second kappa shape index (κ2) is 8.35.